The summed E-state index contributed by atoms with van der Waals surface area (Å²) in [4.78, 5) is 32.4. The van der Waals surface area contributed by atoms with E-state index >= 15 is 0 Å². The summed E-state index contributed by atoms with van der Waals surface area (Å²) in [6.45, 7) is 0.438. The number of pyridine rings is 2. The number of carbonyl (C=O) groups is 2. The number of ketones is 1. The van der Waals surface area contributed by atoms with E-state index in [0.717, 1.165) is 5.56 Å². The molecule has 0 fully saturated rings. The van der Waals surface area contributed by atoms with E-state index in [1.807, 2.05) is 12.1 Å². The van der Waals surface area contributed by atoms with E-state index in [9.17, 15) is 14.7 Å². The number of rotatable bonds is 6. The van der Waals surface area contributed by atoms with Crippen molar-refractivity contribution >= 4 is 34.8 Å². The number of nitrogens with one attached hydrogen (secondary N) is 2. The minimum Gasteiger partial charge on any atom is -0.481 e. The number of hydrogen-bond acceptors (Lipinski definition) is 6. The van der Waals surface area contributed by atoms with Crippen LogP contribution in [-0.2, 0) is 16.1 Å². The maximum Gasteiger partial charge on any atom is 0.307 e. The van der Waals surface area contributed by atoms with Crippen molar-refractivity contribution in [2.75, 3.05) is 5.32 Å². The molecule has 0 saturated carbocycles. The summed E-state index contributed by atoms with van der Waals surface area (Å²) in [5, 5.41) is 15.5. The smallest absolute Gasteiger partial charge is 0.307 e. The van der Waals surface area contributed by atoms with Crippen molar-refractivity contribution in [3.8, 4) is 0 Å². The molecule has 8 heteroatoms. The Balaban J connectivity index is 1.86. The molecule has 0 saturated heterocycles. The molecule has 7 nitrogen and oxygen atoms in total. The number of carbonyl (C=O) groups excluding carboxylic acids is 1. The Labute approximate surface area is 161 Å². The molecule has 27 heavy (non-hydrogen) atoms. The van der Waals surface area contributed by atoms with Gasteiger partial charge in [0.1, 0.15) is 10.8 Å². The van der Waals surface area contributed by atoms with Crippen LogP contribution < -0.4 is 10.6 Å². The molecule has 0 spiro atoms. The lowest BCUT2D eigenvalue weighted by molar-refractivity contribution is -0.143. The summed E-state index contributed by atoms with van der Waals surface area (Å²) in [5.74, 6) is -1.52. The van der Waals surface area contributed by atoms with E-state index in [2.05, 4.69) is 20.6 Å². The highest BCUT2D eigenvalue weighted by Gasteiger charge is 2.33. The Morgan fingerprint density at radius 3 is 2.63 bits per heavy atom. The van der Waals surface area contributed by atoms with Gasteiger partial charge in [-0.15, -0.1) is 0 Å². The summed E-state index contributed by atoms with van der Waals surface area (Å²) >= 11 is 5.42. The lowest BCUT2D eigenvalue weighted by atomic mass is 9.85. The van der Waals surface area contributed by atoms with E-state index in [4.69, 9.17) is 12.2 Å². The van der Waals surface area contributed by atoms with Gasteiger partial charge in [0, 0.05) is 43.7 Å². The van der Waals surface area contributed by atoms with Crippen LogP contribution in [0.2, 0.25) is 0 Å². The first-order chi connectivity index (χ1) is 13.0. The minimum atomic E-state index is -0.991. The van der Waals surface area contributed by atoms with Gasteiger partial charge < -0.3 is 15.7 Å². The van der Waals surface area contributed by atoms with E-state index < -0.39 is 11.9 Å². The number of carboxylic acid groups (broad SMARTS) is 1. The normalized spacial score (nSPS) is 16.7. The molecule has 0 aliphatic heterocycles. The van der Waals surface area contributed by atoms with E-state index in [1.165, 1.54) is 0 Å². The first-order valence-corrected chi connectivity index (χ1v) is 8.79. The number of aromatic nitrogens is 2. The quantitative estimate of drug-likeness (QED) is 0.654. The molecular weight excluding hydrogens is 364 g/mol. The largest absolute Gasteiger partial charge is 0.481 e. The van der Waals surface area contributed by atoms with Crippen LogP contribution in [0.25, 0.3) is 0 Å². The fourth-order valence-electron chi connectivity index (χ4n) is 2.84. The summed E-state index contributed by atoms with van der Waals surface area (Å²) in [7, 11) is 0. The molecule has 138 valence electrons. The van der Waals surface area contributed by atoms with Gasteiger partial charge in [0.25, 0.3) is 0 Å². The first kappa shape index (κ1) is 18.7. The topological polar surface area (TPSA) is 104 Å². The fourth-order valence-corrected chi connectivity index (χ4v) is 3.18. The van der Waals surface area contributed by atoms with Crippen molar-refractivity contribution in [2.45, 2.75) is 19.4 Å². The molecular formula is C19H18N4O3S. The molecule has 1 aliphatic rings. The zero-order valence-corrected chi connectivity index (χ0v) is 15.2. The second-order valence-corrected chi connectivity index (χ2v) is 6.51. The molecule has 1 atom stereocenters. The van der Waals surface area contributed by atoms with E-state index in [1.54, 1.807) is 36.8 Å². The predicted octanol–water partition coefficient (Wildman–Crippen LogP) is 2.32. The average molecular weight is 382 g/mol. The van der Waals surface area contributed by atoms with Crippen molar-refractivity contribution in [2.24, 2.45) is 5.92 Å². The summed E-state index contributed by atoms with van der Waals surface area (Å²) in [5.41, 5.74) is 1.82. The Morgan fingerprint density at radius 1 is 1.19 bits per heavy atom. The van der Waals surface area contributed by atoms with Crippen LogP contribution in [0.15, 0.2) is 60.2 Å². The first-order valence-electron chi connectivity index (χ1n) is 8.39. The second-order valence-electron chi connectivity index (χ2n) is 6.10. The van der Waals surface area contributed by atoms with Crippen LogP contribution in [0.3, 0.4) is 0 Å². The number of aliphatic carboxylic acids is 1. The molecule has 2 heterocycles. The molecule has 2 aromatic rings. The summed E-state index contributed by atoms with van der Waals surface area (Å²) < 4.78 is 0. The van der Waals surface area contributed by atoms with Gasteiger partial charge in [0.15, 0.2) is 5.78 Å². The van der Waals surface area contributed by atoms with E-state index in [-0.39, 0.29) is 23.6 Å². The van der Waals surface area contributed by atoms with Gasteiger partial charge in [-0.3, -0.25) is 14.6 Å². The van der Waals surface area contributed by atoms with Crippen LogP contribution in [0.5, 0.6) is 0 Å². The fraction of sp³-hybridized carbons (Fsp3) is 0.211. The van der Waals surface area contributed by atoms with Gasteiger partial charge in [-0.1, -0.05) is 18.3 Å². The number of carboxylic acids is 1. The van der Waals surface area contributed by atoms with Crippen molar-refractivity contribution in [3.63, 3.8) is 0 Å². The van der Waals surface area contributed by atoms with Gasteiger partial charge in [-0.05, 0) is 29.8 Å². The van der Waals surface area contributed by atoms with Crippen LogP contribution in [-0.4, -0.2) is 31.8 Å². The maximum absolute atomic E-state index is 12.6. The molecule has 2 aromatic heterocycles. The number of thiocarbonyl (C=S) groups is 1. The summed E-state index contributed by atoms with van der Waals surface area (Å²) in [6.07, 6.45) is 5.10. The van der Waals surface area contributed by atoms with Gasteiger partial charge in [0.2, 0.25) is 0 Å². The Kier molecular flexibility index (Phi) is 5.87. The third kappa shape index (κ3) is 4.73. The van der Waals surface area contributed by atoms with Crippen LogP contribution in [0, 0.1) is 5.92 Å². The third-order valence-corrected chi connectivity index (χ3v) is 4.51. The van der Waals surface area contributed by atoms with Gasteiger partial charge in [0.05, 0.1) is 11.5 Å². The minimum absolute atomic E-state index is 0.0743. The molecule has 0 bridgehead atoms. The highest BCUT2D eigenvalue weighted by Crippen LogP contribution is 2.27. The predicted molar refractivity (Wildman–Crippen MR) is 104 cm³/mol. The van der Waals surface area contributed by atoms with E-state index in [0.29, 0.717) is 23.6 Å². The highest BCUT2D eigenvalue weighted by atomic mass is 32.1. The molecule has 1 aliphatic carbocycles. The van der Waals surface area contributed by atoms with Gasteiger partial charge >= 0.3 is 5.97 Å². The van der Waals surface area contributed by atoms with Crippen molar-refractivity contribution in [1.82, 2.24) is 15.3 Å². The van der Waals surface area contributed by atoms with Crippen molar-refractivity contribution in [3.05, 3.63) is 65.8 Å². The Bertz CT molecular complexity index is 884. The molecule has 1 unspecified atom stereocenters. The number of Topliss-reactive ketones (excluding diaryl/α,β-unsaturated/α-hetero) is 1. The average Bonchev–Trinajstić information content (AvgIpc) is 2.67. The second kappa shape index (κ2) is 8.50. The number of nitrogens with zero attached hydrogens (tertiary/aromatic N) is 2. The van der Waals surface area contributed by atoms with Crippen molar-refractivity contribution in [1.29, 1.82) is 0 Å². The zero-order valence-electron chi connectivity index (χ0n) is 14.4. The van der Waals surface area contributed by atoms with Gasteiger partial charge in [-0.2, -0.15) is 0 Å². The number of hydrogen-bond donors (Lipinski definition) is 3. The molecule has 3 N–H and O–H groups in total. The SMILES string of the molecule is O=C1CC(C(=O)O)CC(NCc2ccncc2)=C1C(=S)Nc1ccccn1. The molecule has 0 radical (unpaired) electrons. The van der Waals surface area contributed by atoms with Crippen LogP contribution >= 0.6 is 12.2 Å². The Morgan fingerprint density at radius 2 is 1.96 bits per heavy atom. The number of allylic oxidation sites excluding steroid dienone is 1. The third-order valence-electron chi connectivity index (χ3n) is 4.20. The monoisotopic (exact) mass is 382 g/mol. The Hall–Kier alpha value is -3.13. The highest BCUT2D eigenvalue weighted by molar-refractivity contribution is 7.81. The molecule has 0 amide bonds. The standard InChI is InChI=1S/C19H18N4O3S/c24-15-10-13(19(25)26)9-14(22-11-12-4-7-20-8-5-12)17(15)18(27)23-16-3-1-2-6-21-16/h1-8,13,22H,9-11H2,(H,25,26)(H,21,23,27). The zero-order chi connectivity index (χ0) is 19.2. The maximum atomic E-state index is 12.6. The molecule has 3 rings (SSSR count). The summed E-state index contributed by atoms with van der Waals surface area (Å²) in [6, 6.07) is 9.01. The van der Waals surface area contributed by atoms with Gasteiger partial charge in [-0.25, -0.2) is 4.98 Å². The lowest BCUT2D eigenvalue weighted by Crippen LogP contribution is -2.34. The van der Waals surface area contributed by atoms with Crippen LogP contribution in [0.4, 0.5) is 5.82 Å². The van der Waals surface area contributed by atoms with Crippen molar-refractivity contribution < 1.29 is 14.7 Å². The molecule has 0 aromatic carbocycles. The lowest BCUT2D eigenvalue weighted by Gasteiger charge is -2.25. The van der Waals surface area contributed by atoms with Crippen LogP contribution in [0.1, 0.15) is 18.4 Å². The number of anilines is 1.